The fourth-order valence-corrected chi connectivity index (χ4v) is 4.29. The Hall–Kier alpha value is -3.05. The quantitative estimate of drug-likeness (QED) is 0.354. The normalized spacial score (nSPS) is 32.2. The van der Waals surface area contributed by atoms with Crippen LogP contribution in [0.4, 0.5) is 0 Å². The van der Waals surface area contributed by atoms with Crippen LogP contribution in [0.15, 0.2) is 30.3 Å². The molecule has 172 valence electrons. The Morgan fingerprint density at radius 3 is 2.16 bits per heavy atom. The molecule has 1 heterocycles. The fourth-order valence-electron chi connectivity index (χ4n) is 4.29. The first-order valence-corrected chi connectivity index (χ1v) is 10.1. The Kier molecular flexibility index (Phi) is 5.63. The number of carbonyl (C=O) groups is 1. The van der Waals surface area contributed by atoms with E-state index in [1.807, 2.05) is 0 Å². The van der Waals surface area contributed by atoms with E-state index in [0.717, 1.165) is 18.2 Å². The van der Waals surface area contributed by atoms with Gasteiger partial charge < -0.3 is 45.2 Å². The van der Waals surface area contributed by atoms with Gasteiger partial charge in [-0.05, 0) is 24.5 Å². The molecule has 32 heavy (non-hydrogen) atoms. The predicted octanol–water partition coefficient (Wildman–Crippen LogP) is 0.702. The molecule has 1 saturated carbocycles. The van der Waals surface area contributed by atoms with Crippen LogP contribution in [-0.2, 0) is 4.74 Å². The predicted molar refractivity (Wildman–Crippen MR) is 108 cm³/mol. The maximum atomic E-state index is 13.3. The van der Waals surface area contributed by atoms with Gasteiger partial charge >= 0.3 is 0 Å². The zero-order valence-electron chi connectivity index (χ0n) is 17.0. The number of aliphatic hydroxyl groups is 3. The average Bonchev–Trinajstić information content (AvgIpc) is 2.70. The summed E-state index contributed by atoms with van der Waals surface area (Å²) in [5.41, 5.74) is -0.0828. The van der Waals surface area contributed by atoms with Crippen molar-refractivity contribution in [2.45, 2.75) is 50.0 Å². The van der Waals surface area contributed by atoms with Crippen molar-refractivity contribution < 1.29 is 50.0 Å². The minimum absolute atomic E-state index is 0.121. The summed E-state index contributed by atoms with van der Waals surface area (Å²) in [6.45, 7) is 1.66. The van der Waals surface area contributed by atoms with Gasteiger partial charge in [-0.2, -0.15) is 0 Å². The first-order chi connectivity index (χ1) is 15.1. The fraction of sp³-hybridized carbons (Fsp3) is 0.409. The monoisotopic (exact) mass is 448 g/mol. The first-order valence-electron chi connectivity index (χ1n) is 10.1. The van der Waals surface area contributed by atoms with Crippen molar-refractivity contribution in [2.24, 2.45) is 5.92 Å². The van der Waals surface area contributed by atoms with Crippen LogP contribution >= 0.6 is 0 Å². The van der Waals surface area contributed by atoms with Gasteiger partial charge in [0.2, 0.25) is 5.78 Å². The highest BCUT2D eigenvalue weighted by Crippen LogP contribution is 2.44. The number of aliphatic hydroxyl groups excluding tert-OH is 3. The second kappa shape index (κ2) is 8.14. The molecule has 0 amide bonds. The molecule has 1 aliphatic heterocycles. The number of hydrogen-bond donors (Lipinski definition) is 7. The summed E-state index contributed by atoms with van der Waals surface area (Å²) in [5.74, 6) is -2.79. The van der Waals surface area contributed by atoms with Crippen LogP contribution in [0.25, 0.3) is 0 Å². The van der Waals surface area contributed by atoms with Gasteiger partial charge in [0.1, 0.15) is 46.5 Å². The molecule has 0 unspecified atom stereocenters. The number of benzene rings is 2. The summed E-state index contributed by atoms with van der Waals surface area (Å²) in [5, 5.41) is 70.4. The first kappa shape index (κ1) is 22.2. The highest BCUT2D eigenvalue weighted by molar-refractivity contribution is 6.05. The summed E-state index contributed by atoms with van der Waals surface area (Å²) >= 11 is 0. The molecule has 2 aromatic rings. The number of ketones is 1. The minimum atomic E-state index is -1.50. The molecule has 10 heteroatoms. The zero-order chi connectivity index (χ0) is 23.3. The van der Waals surface area contributed by atoms with E-state index < -0.39 is 54.1 Å². The van der Waals surface area contributed by atoms with Gasteiger partial charge in [-0.15, -0.1) is 0 Å². The third-order valence-corrected chi connectivity index (χ3v) is 5.94. The Morgan fingerprint density at radius 1 is 0.875 bits per heavy atom. The Balaban J connectivity index is 1.76. The van der Waals surface area contributed by atoms with Crippen molar-refractivity contribution in [1.29, 1.82) is 0 Å². The molecule has 7 atom stereocenters. The van der Waals surface area contributed by atoms with Gasteiger partial charge in [-0.3, -0.25) is 4.79 Å². The Labute approximate surface area is 182 Å². The maximum absolute atomic E-state index is 13.3. The van der Waals surface area contributed by atoms with E-state index in [1.165, 1.54) is 12.1 Å². The molecule has 10 nitrogen and oxygen atoms in total. The molecule has 0 aromatic heterocycles. The van der Waals surface area contributed by atoms with E-state index in [0.29, 0.717) is 0 Å². The third kappa shape index (κ3) is 3.82. The molecule has 2 aromatic carbocycles. The lowest BCUT2D eigenvalue weighted by atomic mass is 9.81. The number of ether oxygens (including phenoxy) is 2. The number of fused-ring (bicyclic) bond motifs is 1. The van der Waals surface area contributed by atoms with Gasteiger partial charge in [0.15, 0.2) is 12.2 Å². The van der Waals surface area contributed by atoms with Crippen LogP contribution in [-0.4, -0.2) is 72.0 Å². The van der Waals surface area contributed by atoms with Gasteiger partial charge in [-0.25, -0.2) is 0 Å². The molecule has 2 aliphatic rings. The lowest BCUT2D eigenvalue weighted by Gasteiger charge is -2.42. The number of rotatable bonds is 3. The van der Waals surface area contributed by atoms with Crippen LogP contribution in [0.3, 0.4) is 0 Å². The highest BCUT2D eigenvalue weighted by Gasteiger charge is 2.47. The number of Topliss-reactive ketones (excluding diaryl/α,β-unsaturated/α-hetero) is 1. The van der Waals surface area contributed by atoms with E-state index in [2.05, 4.69) is 0 Å². The van der Waals surface area contributed by atoms with E-state index >= 15 is 0 Å². The Bertz CT molecular complexity index is 1020. The van der Waals surface area contributed by atoms with Crippen molar-refractivity contribution in [3.63, 3.8) is 0 Å². The number of phenolic OH excluding ortho intramolecular Hbond substituents is 4. The number of phenols is 4. The van der Waals surface area contributed by atoms with Crippen LogP contribution in [0.5, 0.6) is 28.7 Å². The molecule has 0 radical (unpaired) electrons. The highest BCUT2D eigenvalue weighted by atomic mass is 16.6. The summed E-state index contributed by atoms with van der Waals surface area (Å²) in [6.07, 6.45) is -7.79. The molecular weight excluding hydrogens is 424 g/mol. The average molecular weight is 448 g/mol. The SMILES string of the molecule is C[C@@H]1C[C@@H](O[C@@H]2C(=O)c3c(O)cc(O)cc3O[C@H]2c2cc(O)cc(O)c2)[C@H](O)[C@H](O)[C@H]1O. The standard InChI is InChI=1S/C22H24O10/c1-8-2-15(18(28)20(30)17(8)27)32-22-19(29)16-13(26)6-12(25)7-14(16)31-21(22)9-3-10(23)5-11(24)4-9/h3-8,15,17-18,20-28,30H,2H2,1H3/t8-,15-,17+,18+,20-,21+,22-/m1/s1. The van der Waals surface area contributed by atoms with Gasteiger partial charge in [-0.1, -0.05) is 6.92 Å². The summed E-state index contributed by atoms with van der Waals surface area (Å²) in [4.78, 5) is 13.3. The van der Waals surface area contributed by atoms with Gasteiger partial charge in [0.05, 0.1) is 12.2 Å². The number of hydrogen-bond acceptors (Lipinski definition) is 10. The van der Waals surface area contributed by atoms with Crippen molar-refractivity contribution in [3.8, 4) is 28.7 Å². The molecular formula is C22H24O10. The Morgan fingerprint density at radius 2 is 1.50 bits per heavy atom. The summed E-state index contributed by atoms with van der Waals surface area (Å²) in [6, 6.07) is 5.69. The topological polar surface area (TPSA) is 177 Å². The summed E-state index contributed by atoms with van der Waals surface area (Å²) in [7, 11) is 0. The van der Waals surface area contributed by atoms with Crippen LogP contribution in [0, 0.1) is 5.92 Å². The molecule has 1 fully saturated rings. The van der Waals surface area contributed by atoms with E-state index in [4.69, 9.17) is 9.47 Å². The van der Waals surface area contributed by atoms with Gasteiger partial charge in [0, 0.05) is 23.8 Å². The zero-order valence-corrected chi connectivity index (χ0v) is 17.0. The van der Waals surface area contributed by atoms with Crippen molar-refractivity contribution in [2.75, 3.05) is 0 Å². The minimum Gasteiger partial charge on any atom is -0.508 e. The lowest BCUT2D eigenvalue weighted by molar-refractivity contribution is -0.187. The smallest absolute Gasteiger partial charge is 0.203 e. The second-order valence-electron chi connectivity index (χ2n) is 8.30. The third-order valence-electron chi connectivity index (χ3n) is 5.94. The van der Waals surface area contributed by atoms with E-state index in [1.54, 1.807) is 6.92 Å². The number of aromatic hydroxyl groups is 4. The van der Waals surface area contributed by atoms with Crippen LogP contribution in [0.1, 0.15) is 35.4 Å². The van der Waals surface area contributed by atoms with Gasteiger partial charge in [0.25, 0.3) is 0 Å². The van der Waals surface area contributed by atoms with Crippen molar-refractivity contribution in [3.05, 3.63) is 41.5 Å². The van der Waals surface area contributed by atoms with Crippen LogP contribution in [0.2, 0.25) is 0 Å². The second-order valence-corrected chi connectivity index (χ2v) is 8.30. The van der Waals surface area contributed by atoms with E-state index in [-0.39, 0.29) is 40.5 Å². The molecule has 7 N–H and O–H groups in total. The molecule has 0 spiro atoms. The molecule has 0 saturated heterocycles. The molecule has 0 bridgehead atoms. The lowest BCUT2D eigenvalue weighted by Crippen LogP contribution is -2.55. The maximum Gasteiger partial charge on any atom is 0.203 e. The van der Waals surface area contributed by atoms with E-state index in [9.17, 15) is 40.5 Å². The molecule has 1 aliphatic carbocycles. The van der Waals surface area contributed by atoms with Crippen molar-refractivity contribution >= 4 is 5.78 Å². The molecule has 4 rings (SSSR count). The van der Waals surface area contributed by atoms with Crippen LogP contribution < -0.4 is 4.74 Å². The largest absolute Gasteiger partial charge is 0.508 e. The summed E-state index contributed by atoms with van der Waals surface area (Å²) < 4.78 is 11.7. The van der Waals surface area contributed by atoms with Crippen molar-refractivity contribution in [1.82, 2.24) is 0 Å². The number of carbonyl (C=O) groups excluding carboxylic acids is 1.